The van der Waals surface area contributed by atoms with E-state index in [0.717, 1.165) is 77.5 Å². The molecule has 89 heavy (non-hydrogen) atoms. The molecule has 1 saturated heterocycles. The molecule has 0 spiro atoms. The van der Waals surface area contributed by atoms with Crippen molar-refractivity contribution in [2.24, 2.45) is 52.3 Å². The molecule has 2 N–H and O–H groups in total. The molecule has 4 aromatic carbocycles. The molecule has 11 nitrogen and oxygen atoms in total. The number of rotatable bonds is 29. The van der Waals surface area contributed by atoms with Gasteiger partial charge in [-0.05, 0) is 199 Å². The molecule has 1 aliphatic heterocycles. The van der Waals surface area contributed by atoms with E-state index in [4.69, 9.17) is 27.9 Å². The quantitative estimate of drug-likeness (QED) is 0.0237. The molecule has 490 valence electrons. The van der Waals surface area contributed by atoms with Crippen LogP contribution < -0.4 is 15.4 Å². The van der Waals surface area contributed by atoms with E-state index in [1.165, 1.54) is 63.9 Å². The van der Waals surface area contributed by atoms with E-state index >= 15 is 8.78 Å². The number of carbonyl (C=O) groups excluding carboxylic acids is 2. The maximum Gasteiger partial charge on any atom is 0.407 e. The molecule has 6 unspecified atom stereocenters. The first-order valence-corrected chi connectivity index (χ1v) is 37.9. The molecular weight excluding hydrogens is 1160 g/mol. The van der Waals surface area contributed by atoms with Gasteiger partial charge in [0.1, 0.15) is 53.5 Å². The average Bonchev–Trinajstić information content (AvgIpc) is 2.50. The summed E-state index contributed by atoms with van der Waals surface area (Å²) in [4.78, 5) is 26.5. The summed E-state index contributed by atoms with van der Waals surface area (Å²) < 4.78 is 74.6. The Hall–Kier alpha value is -4.27. The normalized spacial score (nSPS) is 28.2. The number of methoxy groups -OCH3 is 1. The first-order chi connectivity index (χ1) is 42.7. The van der Waals surface area contributed by atoms with E-state index < -0.39 is 50.7 Å². The third-order valence-corrected chi connectivity index (χ3v) is 24.3. The van der Waals surface area contributed by atoms with Crippen molar-refractivity contribution < 1.29 is 46.3 Å². The summed E-state index contributed by atoms with van der Waals surface area (Å²) in [6.07, 6.45) is 13.9. The lowest BCUT2D eigenvalue weighted by molar-refractivity contribution is -0.129. The highest BCUT2D eigenvalue weighted by atomic mass is 31.1. The summed E-state index contributed by atoms with van der Waals surface area (Å²) in [6, 6.07) is 30.6. The number of amides is 2. The van der Waals surface area contributed by atoms with Gasteiger partial charge in [-0.1, -0.05) is 133 Å². The number of nitrogens with zero attached hydrogens (tertiary/aromatic N) is 1. The van der Waals surface area contributed by atoms with Gasteiger partial charge in [0.25, 0.3) is 0 Å². The van der Waals surface area contributed by atoms with E-state index in [2.05, 4.69) is 90.7 Å². The van der Waals surface area contributed by atoms with Crippen LogP contribution in [0.4, 0.5) is 13.6 Å². The van der Waals surface area contributed by atoms with Crippen molar-refractivity contribution in [2.45, 2.75) is 233 Å². The highest BCUT2D eigenvalue weighted by molar-refractivity contribution is 7.29. The summed E-state index contributed by atoms with van der Waals surface area (Å²) in [7, 11) is -0.312. The SMILES string of the molecule is COc1ccc(C(OC[C@H]2O[C@@H](c3cc(CNC(=O)CCCCCNC(=O)O[C@H]4CC[C@@]5(C)C(CCC6[C@@H]7CC[C@H]([C@H](C)CCCC(C)C)C7(C)CC[C@@H]65)C4)c(F)cc3F)C(O[SiH](C)C)C2OPN(C(C)C)C(C)C)(c2ccccc2)c2ccccc2)cc1. The molecule has 0 bridgehead atoms. The predicted molar refractivity (Wildman–Crippen MR) is 356 cm³/mol. The fraction of sp³-hybridized carbons (Fsp3) is 0.649. The summed E-state index contributed by atoms with van der Waals surface area (Å²) in [6.45, 7) is 25.5. The van der Waals surface area contributed by atoms with E-state index in [1.807, 2.05) is 84.9 Å². The van der Waals surface area contributed by atoms with Crippen molar-refractivity contribution in [3.63, 3.8) is 0 Å². The molecule has 2 amide bonds. The van der Waals surface area contributed by atoms with Crippen molar-refractivity contribution in [3.05, 3.63) is 137 Å². The van der Waals surface area contributed by atoms with Gasteiger partial charge in [-0.3, -0.25) is 9.46 Å². The maximum atomic E-state index is 16.6. The molecule has 5 aliphatic rings. The number of nitrogens with one attached hydrogen (secondary N) is 2. The second kappa shape index (κ2) is 31.1. The van der Waals surface area contributed by atoms with Gasteiger partial charge < -0.3 is 38.5 Å². The minimum absolute atomic E-state index is 0.0102. The van der Waals surface area contributed by atoms with Crippen molar-refractivity contribution >= 4 is 30.0 Å². The third kappa shape index (κ3) is 16.0. The van der Waals surface area contributed by atoms with Crippen LogP contribution in [0.1, 0.15) is 199 Å². The Labute approximate surface area is 536 Å². The molecule has 4 aromatic rings. The van der Waals surface area contributed by atoms with Crippen LogP contribution in [0.3, 0.4) is 0 Å². The van der Waals surface area contributed by atoms with E-state index in [0.29, 0.717) is 48.3 Å². The van der Waals surface area contributed by atoms with Crippen LogP contribution in [0.5, 0.6) is 5.75 Å². The Morgan fingerprint density at radius 3 is 2.06 bits per heavy atom. The van der Waals surface area contributed by atoms with Crippen LogP contribution in [0.25, 0.3) is 0 Å². The number of alkyl carbamates (subject to hydrolysis) is 1. The molecule has 0 radical (unpaired) electrons. The van der Waals surface area contributed by atoms with Crippen molar-refractivity contribution in [1.82, 2.24) is 15.3 Å². The fourth-order valence-electron chi connectivity index (χ4n) is 17.3. The van der Waals surface area contributed by atoms with Crippen molar-refractivity contribution in [1.29, 1.82) is 0 Å². The van der Waals surface area contributed by atoms with Gasteiger partial charge in [-0.25, -0.2) is 13.6 Å². The molecule has 14 atom stereocenters. The van der Waals surface area contributed by atoms with E-state index in [-0.39, 0.29) is 69.8 Å². The summed E-state index contributed by atoms with van der Waals surface area (Å²) in [5, 5.41) is 5.88. The maximum absolute atomic E-state index is 16.6. The summed E-state index contributed by atoms with van der Waals surface area (Å²) in [5.74, 6) is 4.47. The zero-order valence-electron chi connectivity index (χ0n) is 55.8. The second-order valence-corrected chi connectivity index (χ2v) is 32.2. The van der Waals surface area contributed by atoms with Crippen LogP contribution >= 0.6 is 8.96 Å². The average molecular weight is 1260 g/mol. The van der Waals surface area contributed by atoms with Gasteiger partial charge in [-0.2, -0.15) is 0 Å². The number of hydrogen-bond acceptors (Lipinski definition) is 9. The van der Waals surface area contributed by atoms with Crippen LogP contribution in [-0.4, -0.2) is 82.5 Å². The van der Waals surface area contributed by atoms with Gasteiger partial charge >= 0.3 is 6.09 Å². The lowest BCUT2D eigenvalue weighted by Crippen LogP contribution is -2.54. The minimum atomic E-state index is -1.87. The number of ether oxygens (including phenoxy) is 4. The molecule has 1 heterocycles. The Morgan fingerprint density at radius 1 is 0.742 bits per heavy atom. The number of carbonyl (C=O) groups is 2. The number of fused-ring (bicyclic) bond motifs is 5. The standard InChI is InChI=1S/C74H108F2N3O8PSi/c1-48(2)23-22-24-51(7)61-36-37-62-59-35-32-56-44-58(38-40-72(56,8)63(59)39-41-73(61,62)9)84-71(81)77-42-21-15-20-29-67(80)78-46-52-43-60(65(76)45-64(52)75)68-70(87-89(11)12)69(86-88-79(49(3)4)50(5)6)66(85-68)47-83-74(53-25-16-13-17-26-53,54-27-18-14-19-28-54)55-30-33-57(82-10)34-31-55/h13-14,16-19,25-28,30-31,33-34,43,45,48-51,56,58-59,61-63,66,68-70,88-89H,15,20-24,29,32,35-42,44,46-47H2,1-12H3,(H,77,81)(H,78,80)/t51-,56?,58+,59?,61-,62+,63+,66-,68+,69?,70?,72+,73?/m1/s1. The summed E-state index contributed by atoms with van der Waals surface area (Å²) >= 11 is 0. The number of benzene rings is 4. The van der Waals surface area contributed by atoms with Gasteiger partial charge in [0.2, 0.25) is 5.91 Å². The summed E-state index contributed by atoms with van der Waals surface area (Å²) in [5.41, 5.74) is 2.58. The molecule has 9 rings (SSSR count). The van der Waals surface area contributed by atoms with Crippen LogP contribution in [0.15, 0.2) is 97.1 Å². The molecule has 4 aliphatic carbocycles. The van der Waals surface area contributed by atoms with E-state index in [1.54, 1.807) is 7.11 Å². The van der Waals surface area contributed by atoms with Crippen LogP contribution in [0, 0.1) is 63.9 Å². The fourth-order valence-corrected chi connectivity index (χ4v) is 19.2. The van der Waals surface area contributed by atoms with Gasteiger partial charge in [-0.15, -0.1) is 0 Å². The third-order valence-electron chi connectivity index (χ3n) is 21.9. The highest BCUT2D eigenvalue weighted by Gasteiger charge is 2.61. The topological polar surface area (TPSA) is 117 Å². The number of hydrogen-bond donors (Lipinski definition) is 2. The number of unbranched alkanes of at least 4 members (excludes halogenated alkanes) is 2. The van der Waals surface area contributed by atoms with Gasteiger partial charge in [0.05, 0.1) is 22.7 Å². The molecule has 4 saturated carbocycles. The zero-order chi connectivity index (χ0) is 63.6. The smallest absolute Gasteiger partial charge is 0.407 e. The van der Waals surface area contributed by atoms with Crippen molar-refractivity contribution in [3.8, 4) is 5.75 Å². The van der Waals surface area contributed by atoms with Gasteiger partial charge in [0, 0.05) is 48.8 Å². The predicted octanol–water partition coefficient (Wildman–Crippen LogP) is 17.2. The first-order valence-electron chi connectivity index (χ1n) is 34.3. The van der Waals surface area contributed by atoms with Crippen LogP contribution in [-0.2, 0) is 40.1 Å². The van der Waals surface area contributed by atoms with Crippen molar-refractivity contribution in [2.75, 3.05) is 20.3 Å². The Bertz CT molecular complexity index is 2840. The highest BCUT2D eigenvalue weighted by Crippen LogP contribution is 2.68. The lowest BCUT2D eigenvalue weighted by Gasteiger charge is -2.61. The van der Waals surface area contributed by atoms with Gasteiger partial charge in [0.15, 0.2) is 9.04 Å². The Kier molecular flexibility index (Phi) is 24.1. The first kappa shape index (κ1) is 69.1. The molecule has 5 fully saturated rings. The second-order valence-electron chi connectivity index (χ2n) is 28.9. The lowest BCUT2D eigenvalue weighted by atomic mass is 9.44. The van der Waals surface area contributed by atoms with E-state index in [9.17, 15) is 9.59 Å². The minimum Gasteiger partial charge on any atom is -0.497 e. The zero-order valence-corrected chi connectivity index (χ0v) is 58.0. The molecule has 0 aromatic heterocycles. The van der Waals surface area contributed by atoms with Crippen LogP contribution in [0.2, 0.25) is 13.1 Å². The monoisotopic (exact) mass is 1260 g/mol. The molecular formula is C74H108F2N3O8PSi. The largest absolute Gasteiger partial charge is 0.497 e. The Morgan fingerprint density at radius 2 is 1.40 bits per heavy atom. The number of halogens is 2. The molecule has 15 heteroatoms. The Balaban J connectivity index is 0.787.